The molecule has 3 rings (SSSR count). The van der Waals surface area contributed by atoms with Crippen LogP contribution in [0.3, 0.4) is 0 Å². The third-order valence-corrected chi connectivity index (χ3v) is 5.10. The fourth-order valence-corrected chi connectivity index (χ4v) is 3.84. The first-order valence-electron chi connectivity index (χ1n) is 8.17. The lowest BCUT2D eigenvalue weighted by Gasteiger charge is -2.53. The van der Waals surface area contributed by atoms with E-state index in [1.54, 1.807) is 0 Å². The number of nitrogens with zero attached hydrogens (tertiary/aromatic N) is 3. The molecule has 2 aliphatic rings. The van der Waals surface area contributed by atoms with E-state index < -0.39 is 6.10 Å². The maximum Gasteiger partial charge on any atom is 0.232 e. The Balaban J connectivity index is 1.61. The van der Waals surface area contributed by atoms with Crippen LogP contribution >= 0.6 is 0 Å². The molecule has 7 heteroatoms. The molecule has 2 aliphatic heterocycles. The van der Waals surface area contributed by atoms with Crippen LogP contribution in [0.5, 0.6) is 0 Å². The average molecular weight is 323 g/mol. The summed E-state index contributed by atoms with van der Waals surface area (Å²) in [7, 11) is 0. The molecule has 3 heterocycles. The molecular formula is C16H25N3O4. The van der Waals surface area contributed by atoms with Crippen molar-refractivity contribution in [2.75, 3.05) is 32.8 Å². The molecule has 1 aromatic heterocycles. The van der Waals surface area contributed by atoms with Gasteiger partial charge in [0.2, 0.25) is 5.91 Å². The van der Waals surface area contributed by atoms with Crippen molar-refractivity contribution in [2.45, 2.75) is 39.3 Å². The van der Waals surface area contributed by atoms with Gasteiger partial charge in [-0.05, 0) is 33.2 Å². The highest BCUT2D eigenvalue weighted by Crippen LogP contribution is 2.41. The molecule has 0 radical (unpaired) electrons. The Morgan fingerprint density at radius 2 is 2.17 bits per heavy atom. The number of aryl methyl sites for hydroxylation is 2. The van der Waals surface area contributed by atoms with Gasteiger partial charge in [0.1, 0.15) is 5.76 Å². The van der Waals surface area contributed by atoms with Crippen LogP contribution < -0.4 is 0 Å². The van der Waals surface area contributed by atoms with E-state index in [-0.39, 0.29) is 17.9 Å². The number of aliphatic hydroxyl groups excluding tert-OH is 2. The Kier molecular flexibility index (Phi) is 4.44. The highest BCUT2D eigenvalue weighted by Gasteiger charge is 2.53. The fourth-order valence-electron chi connectivity index (χ4n) is 3.84. The molecule has 1 aromatic rings. The van der Waals surface area contributed by atoms with Crippen molar-refractivity contribution in [3.8, 4) is 0 Å². The molecule has 0 aromatic carbocycles. The fraction of sp³-hybridized carbons (Fsp3) is 0.750. The SMILES string of the molecule is Cc1noc(C)c1CN1C[C@@]2(CCCN(C[C@H](O)CO)C2)C1=O. The Labute approximate surface area is 135 Å². The maximum atomic E-state index is 12.7. The average Bonchev–Trinajstić information content (AvgIpc) is 2.86. The predicted octanol–water partition coefficient (Wildman–Crippen LogP) is 0.0690. The van der Waals surface area contributed by atoms with Crippen LogP contribution in [0.25, 0.3) is 0 Å². The van der Waals surface area contributed by atoms with Crippen molar-refractivity contribution in [3.63, 3.8) is 0 Å². The van der Waals surface area contributed by atoms with E-state index in [0.29, 0.717) is 19.6 Å². The minimum atomic E-state index is -0.737. The van der Waals surface area contributed by atoms with Crippen LogP contribution in [0.15, 0.2) is 4.52 Å². The predicted molar refractivity (Wildman–Crippen MR) is 82.6 cm³/mol. The first-order valence-corrected chi connectivity index (χ1v) is 8.17. The summed E-state index contributed by atoms with van der Waals surface area (Å²) < 4.78 is 5.16. The van der Waals surface area contributed by atoms with Gasteiger partial charge in [-0.25, -0.2) is 0 Å². The number of piperidine rings is 1. The van der Waals surface area contributed by atoms with Crippen molar-refractivity contribution >= 4 is 5.91 Å². The van der Waals surface area contributed by atoms with Crippen molar-refractivity contribution < 1.29 is 19.5 Å². The van der Waals surface area contributed by atoms with Gasteiger partial charge in [-0.15, -0.1) is 0 Å². The Morgan fingerprint density at radius 3 is 2.78 bits per heavy atom. The lowest BCUT2D eigenvalue weighted by Crippen LogP contribution is -2.66. The topological polar surface area (TPSA) is 90.0 Å². The molecular weight excluding hydrogens is 298 g/mol. The molecule has 0 saturated carbocycles. The highest BCUT2D eigenvalue weighted by molar-refractivity contribution is 5.89. The van der Waals surface area contributed by atoms with Gasteiger partial charge < -0.3 is 19.6 Å². The summed E-state index contributed by atoms with van der Waals surface area (Å²) in [5, 5.41) is 22.5. The summed E-state index contributed by atoms with van der Waals surface area (Å²) in [4.78, 5) is 16.7. The van der Waals surface area contributed by atoms with Crippen molar-refractivity contribution in [3.05, 3.63) is 17.0 Å². The monoisotopic (exact) mass is 323 g/mol. The molecule has 7 nitrogen and oxygen atoms in total. The number of hydrogen-bond donors (Lipinski definition) is 2. The minimum Gasteiger partial charge on any atom is -0.394 e. The smallest absolute Gasteiger partial charge is 0.232 e. The quantitative estimate of drug-likeness (QED) is 0.745. The Morgan fingerprint density at radius 1 is 1.39 bits per heavy atom. The number of aliphatic hydroxyl groups is 2. The number of β-lactam (4-membered cyclic amide) rings is 1. The Hall–Kier alpha value is -1.44. The lowest BCUT2D eigenvalue weighted by atomic mass is 9.72. The largest absolute Gasteiger partial charge is 0.394 e. The van der Waals surface area contributed by atoms with E-state index in [1.807, 2.05) is 18.7 Å². The number of hydrogen-bond acceptors (Lipinski definition) is 6. The van der Waals surface area contributed by atoms with E-state index in [9.17, 15) is 9.90 Å². The summed E-state index contributed by atoms with van der Waals surface area (Å²) in [6, 6.07) is 0. The summed E-state index contributed by atoms with van der Waals surface area (Å²) in [6.45, 7) is 6.78. The second-order valence-electron chi connectivity index (χ2n) is 6.92. The van der Waals surface area contributed by atoms with E-state index in [4.69, 9.17) is 9.63 Å². The number of β-amino-alcohol motifs (C(OH)–C–C–N with tert-alkyl or cyclic N) is 1. The van der Waals surface area contributed by atoms with E-state index in [0.717, 1.165) is 42.9 Å². The molecule has 2 N–H and O–H groups in total. The zero-order valence-corrected chi connectivity index (χ0v) is 13.8. The van der Waals surface area contributed by atoms with Crippen molar-refractivity contribution in [2.24, 2.45) is 5.41 Å². The van der Waals surface area contributed by atoms with Crippen LogP contribution in [-0.4, -0.2) is 70.0 Å². The van der Waals surface area contributed by atoms with Gasteiger partial charge in [-0.3, -0.25) is 9.69 Å². The van der Waals surface area contributed by atoms with Gasteiger partial charge in [0, 0.05) is 25.2 Å². The molecule has 0 bridgehead atoms. The number of likely N-dealkylation sites (tertiary alicyclic amines) is 2. The first kappa shape index (κ1) is 16.4. The molecule has 1 amide bonds. The molecule has 2 atom stereocenters. The summed E-state index contributed by atoms with van der Waals surface area (Å²) in [5.74, 6) is 0.952. The highest BCUT2D eigenvalue weighted by atomic mass is 16.5. The zero-order chi connectivity index (χ0) is 16.6. The molecule has 0 unspecified atom stereocenters. The minimum absolute atomic E-state index is 0.181. The zero-order valence-electron chi connectivity index (χ0n) is 13.8. The maximum absolute atomic E-state index is 12.7. The van der Waals surface area contributed by atoms with Gasteiger partial charge in [-0.1, -0.05) is 5.16 Å². The van der Waals surface area contributed by atoms with Crippen LogP contribution in [0.2, 0.25) is 0 Å². The number of aromatic nitrogens is 1. The van der Waals surface area contributed by atoms with Crippen molar-refractivity contribution in [1.82, 2.24) is 15.0 Å². The van der Waals surface area contributed by atoms with E-state index >= 15 is 0 Å². The van der Waals surface area contributed by atoms with Gasteiger partial charge in [0.05, 0.1) is 30.4 Å². The first-order chi connectivity index (χ1) is 10.9. The summed E-state index contributed by atoms with van der Waals surface area (Å²) in [6.07, 6.45) is 1.11. The third-order valence-electron chi connectivity index (χ3n) is 5.10. The van der Waals surface area contributed by atoms with E-state index in [1.165, 1.54) is 0 Å². The number of carbonyl (C=O) groups excluding carboxylic acids is 1. The molecule has 2 saturated heterocycles. The summed E-state index contributed by atoms with van der Waals surface area (Å²) in [5.41, 5.74) is 1.52. The molecule has 1 spiro atoms. The number of carbonyl (C=O) groups is 1. The van der Waals surface area contributed by atoms with Gasteiger partial charge in [-0.2, -0.15) is 0 Å². The number of amides is 1. The molecule has 23 heavy (non-hydrogen) atoms. The standard InChI is InChI=1S/C16H25N3O4/c1-11-14(12(2)23-17-11)7-19-10-16(15(19)22)4-3-5-18(9-16)6-13(21)8-20/h13,20-21H,3-10H2,1-2H3/t13-,16-/m0/s1. The van der Waals surface area contributed by atoms with Gasteiger partial charge >= 0.3 is 0 Å². The third kappa shape index (κ3) is 3.00. The van der Waals surface area contributed by atoms with E-state index in [2.05, 4.69) is 10.1 Å². The molecule has 0 aliphatic carbocycles. The molecule has 2 fully saturated rings. The molecule has 128 valence electrons. The van der Waals surface area contributed by atoms with Crippen molar-refractivity contribution in [1.29, 1.82) is 0 Å². The Bertz CT molecular complexity index is 568. The second-order valence-corrected chi connectivity index (χ2v) is 6.92. The van der Waals surface area contributed by atoms with Gasteiger partial charge in [0.15, 0.2) is 0 Å². The van der Waals surface area contributed by atoms with Crippen LogP contribution in [-0.2, 0) is 11.3 Å². The summed E-state index contributed by atoms with van der Waals surface area (Å²) >= 11 is 0. The van der Waals surface area contributed by atoms with Gasteiger partial charge in [0.25, 0.3) is 0 Å². The number of rotatable bonds is 5. The van der Waals surface area contributed by atoms with Crippen LogP contribution in [0.1, 0.15) is 29.9 Å². The second kappa shape index (κ2) is 6.22. The normalized spacial score (nSPS) is 26.6. The lowest BCUT2D eigenvalue weighted by molar-refractivity contribution is -0.168. The van der Waals surface area contributed by atoms with Crippen LogP contribution in [0.4, 0.5) is 0 Å². The van der Waals surface area contributed by atoms with Crippen LogP contribution in [0, 0.1) is 19.3 Å².